The number of rotatable bonds is 2. The number of fused-ring (bicyclic) bond motifs is 1. The van der Waals surface area contributed by atoms with Crippen molar-refractivity contribution in [1.29, 1.82) is 0 Å². The first-order chi connectivity index (χ1) is 8.31. The van der Waals surface area contributed by atoms with Crippen LogP contribution in [0.15, 0.2) is 36.5 Å². The third-order valence-electron chi connectivity index (χ3n) is 2.41. The molecule has 0 aliphatic heterocycles. The van der Waals surface area contributed by atoms with Crippen molar-refractivity contribution >= 4 is 22.9 Å². The van der Waals surface area contributed by atoms with Crippen LogP contribution in [0.3, 0.4) is 0 Å². The molecule has 0 spiro atoms. The number of hydrogen-bond donors (Lipinski definition) is 2. The Bertz CT molecular complexity index is 626. The zero-order valence-electron chi connectivity index (χ0n) is 9.31. The highest BCUT2D eigenvalue weighted by Crippen LogP contribution is 2.15. The van der Waals surface area contributed by atoms with Gasteiger partial charge in [-0.1, -0.05) is 12.1 Å². The van der Waals surface area contributed by atoms with Crippen molar-refractivity contribution < 1.29 is 0 Å². The predicted octanol–water partition coefficient (Wildman–Crippen LogP) is 2.40. The average molecular weight is 225 g/mol. The monoisotopic (exact) mass is 225 g/mol. The molecule has 0 saturated heterocycles. The van der Waals surface area contributed by atoms with E-state index >= 15 is 0 Å². The van der Waals surface area contributed by atoms with Gasteiger partial charge in [-0.3, -0.25) is 5.32 Å². The normalized spacial score (nSPS) is 10.6. The van der Waals surface area contributed by atoms with Crippen LogP contribution in [0.4, 0.5) is 11.9 Å². The first kappa shape index (κ1) is 9.77. The van der Waals surface area contributed by atoms with Gasteiger partial charge in [-0.05, 0) is 25.1 Å². The standard InChI is InChI=1S/C12H11N5/c1-8-6-7-13-11(14-8)17-12-15-9-4-2-3-5-10(9)16-12/h2-7H,1H3,(H2,13,14,15,16,17). The number of benzene rings is 1. The number of H-pyrrole nitrogens is 1. The molecule has 17 heavy (non-hydrogen) atoms. The number of hydrogen-bond acceptors (Lipinski definition) is 4. The lowest BCUT2D eigenvalue weighted by molar-refractivity contribution is 1.09. The maximum Gasteiger partial charge on any atom is 0.229 e. The molecule has 0 aliphatic carbocycles. The minimum atomic E-state index is 0.545. The van der Waals surface area contributed by atoms with E-state index in [0.29, 0.717) is 11.9 Å². The van der Waals surface area contributed by atoms with Gasteiger partial charge >= 0.3 is 0 Å². The highest BCUT2D eigenvalue weighted by molar-refractivity contribution is 5.77. The summed E-state index contributed by atoms with van der Waals surface area (Å²) in [5, 5.41) is 3.05. The van der Waals surface area contributed by atoms with Gasteiger partial charge in [0, 0.05) is 11.9 Å². The highest BCUT2D eigenvalue weighted by Gasteiger charge is 2.03. The molecular weight excluding hydrogens is 214 g/mol. The Labute approximate surface area is 98.0 Å². The quantitative estimate of drug-likeness (QED) is 0.702. The maximum absolute atomic E-state index is 4.39. The minimum Gasteiger partial charge on any atom is -0.324 e. The van der Waals surface area contributed by atoms with E-state index in [1.165, 1.54) is 0 Å². The first-order valence-corrected chi connectivity index (χ1v) is 5.33. The van der Waals surface area contributed by atoms with Gasteiger partial charge in [-0.25, -0.2) is 15.0 Å². The lowest BCUT2D eigenvalue weighted by Gasteiger charge is -2.00. The Morgan fingerprint density at radius 1 is 1.12 bits per heavy atom. The summed E-state index contributed by atoms with van der Waals surface area (Å²) in [4.78, 5) is 15.9. The Morgan fingerprint density at radius 3 is 2.82 bits per heavy atom. The van der Waals surface area contributed by atoms with Gasteiger partial charge in [0.15, 0.2) is 0 Å². The number of anilines is 2. The molecule has 3 rings (SSSR count). The van der Waals surface area contributed by atoms with Crippen LogP contribution in [-0.2, 0) is 0 Å². The van der Waals surface area contributed by atoms with Crippen LogP contribution in [0, 0.1) is 6.92 Å². The van der Waals surface area contributed by atoms with Crippen molar-refractivity contribution in [3.8, 4) is 0 Å². The summed E-state index contributed by atoms with van der Waals surface area (Å²) >= 11 is 0. The summed E-state index contributed by atoms with van der Waals surface area (Å²) in [5.41, 5.74) is 2.82. The fourth-order valence-corrected chi connectivity index (χ4v) is 1.63. The number of aryl methyl sites for hydroxylation is 1. The molecule has 1 aromatic carbocycles. The van der Waals surface area contributed by atoms with Gasteiger partial charge in [-0.2, -0.15) is 0 Å². The maximum atomic E-state index is 4.39. The van der Waals surface area contributed by atoms with Crippen molar-refractivity contribution in [3.05, 3.63) is 42.2 Å². The van der Waals surface area contributed by atoms with Crippen LogP contribution in [-0.4, -0.2) is 19.9 Å². The zero-order valence-corrected chi connectivity index (χ0v) is 9.31. The summed E-state index contributed by atoms with van der Waals surface area (Å²) in [7, 11) is 0. The van der Waals surface area contributed by atoms with Crippen LogP contribution in [0.25, 0.3) is 11.0 Å². The Balaban J connectivity index is 1.94. The van der Waals surface area contributed by atoms with Gasteiger partial charge in [-0.15, -0.1) is 0 Å². The molecule has 2 N–H and O–H groups in total. The molecule has 0 fully saturated rings. The lowest BCUT2D eigenvalue weighted by atomic mass is 10.3. The molecule has 5 nitrogen and oxygen atoms in total. The van der Waals surface area contributed by atoms with E-state index in [9.17, 15) is 0 Å². The summed E-state index contributed by atoms with van der Waals surface area (Å²) < 4.78 is 0. The van der Waals surface area contributed by atoms with Crippen LogP contribution in [0.5, 0.6) is 0 Å². The summed E-state index contributed by atoms with van der Waals surface area (Å²) in [6, 6.07) is 9.70. The molecule has 84 valence electrons. The molecule has 0 amide bonds. The number of aromatic nitrogens is 4. The second kappa shape index (κ2) is 3.86. The zero-order chi connectivity index (χ0) is 11.7. The number of nitrogens with zero attached hydrogens (tertiary/aromatic N) is 3. The van der Waals surface area contributed by atoms with Crippen molar-refractivity contribution in [2.24, 2.45) is 0 Å². The van der Waals surface area contributed by atoms with Crippen LogP contribution in [0.1, 0.15) is 5.69 Å². The van der Waals surface area contributed by atoms with Crippen molar-refractivity contribution in [2.45, 2.75) is 6.92 Å². The molecule has 2 heterocycles. The second-order valence-corrected chi connectivity index (χ2v) is 3.75. The van der Waals surface area contributed by atoms with Gasteiger partial charge in [0.05, 0.1) is 11.0 Å². The minimum absolute atomic E-state index is 0.545. The van der Waals surface area contributed by atoms with E-state index in [1.807, 2.05) is 37.3 Å². The number of nitrogens with one attached hydrogen (secondary N) is 2. The predicted molar refractivity (Wildman–Crippen MR) is 66.1 cm³/mol. The van der Waals surface area contributed by atoms with Crippen LogP contribution in [0.2, 0.25) is 0 Å². The van der Waals surface area contributed by atoms with E-state index < -0.39 is 0 Å². The van der Waals surface area contributed by atoms with Gasteiger partial charge in [0.1, 0.15) is 0 Å². The van der Waals surface area contributed by atoms with Gasteiger partial charge in [0.25, 0.3) is 0 Å². The van der Waals surface area contributed by atoms with Gasteiger partial charge in [0.2, 0.25) is 11.9 Å². The van der Waals surface area contributed by atoms with E-state index in [-0.39, 0.29) is 0 Å². The smallest absolute Gasteiger partial charge is 0.229 e. The first-order valence-electron chi connectivity index (χ1n) is 5.33. The van der Waals surface area contributed by atoms with Crippen molar-refractivity contribution in [3.63, 3.8) is 0 Å². The lowest BCUT2D eigenvalue weighted by Crippen LogP contribution is -1.98. The Hall–Kier alpha value is -2.43. The fourth-order valence-electron chi connectivity index (χ4n) is 1.63. The summed E-state index contributed by atoms with van der Waals surface area (Å²) in [6.07, 6.45) is 1.72. The summed E-state index contributed by atoms with van der Waals surface area (Å²) in [5.74, 6) is 1.20. The van der Waals surface area contributed by atoms with Crippen LogP contribution < -0.4 is 5.32 Å². The number of imidazole rings is 1. The number of aromatic amines is 1. The van der Waals surface area contributed by atoms with E-state index in [2.05, 4.69) is 25.3 Å². The third kappa shape index (κ3) is 1.94. The number of para-hydroxylation sites is 2. The van der Waals surface area contributed by atoms with E-state index in [4.69, 9.17) is 0 Å². The molecule has 0 atom stereocenters. The molecule has 5 heteroatoms. The van der Waals surface area contributed by atoms with E-state index in [1.54, 1.807) is 6.20 Å². The second-order valence-electron chi connectivity index (χ2n) is 3.75. The Morgan fingerprint density at radius 2 is 2.00 bits per heavy atom. The molecular formula is C12H11N5. The summed E-state index contributed by atoms with van der Waals surface area (Å²) in [6.45, 7) is 1.92. The fraction of sp³-hybridized carbons (Fsp3) is 0.0833. The third-order valence-corrected chi connectivity index (χ3v) is 2.41. The van der Waals surface area contributed by atoms with E-state index in [0.717, 1.165) is 16.7 Å². The molecule has 0 aliphatic rings. The largest absolute Gasteiger partial charge is 0.324 e. The average Bonchev–Trinajstić information content (AvgIpc) is 2.71. The molecule has 2 aromatic heterocycles. The molecule has 0 saturated carbocycles. The van der Waals surface area contributed by atoms with Gasteiger partial charge < -0.3 is 4.98 Å². The van der Waals surface area contributed by atoms with Crippen molar-refractivity contribution in [1.82, 2.24) is 19.9 Å². The van der Waals surface area contributed by atoms with Crippen LogP contribution >= 0.6 is 0 Å². The highest BCUT2D eigenvalue weighted by atomic mass is 15.2. The molecule has 0 unspecified atom stereocenters. The molecule has 0 radical (unpaired) electrons. The topological polar surface area (TPSA) is 66.5 Å². The SMILES string of the molecule is Cc1ccnc(Nc2nc3ccccc3[nH]2)n1. The Kier molecular flexibility index (Phi) is 2.22. The van der Waals surface area contributed by atoms with Crippen molar-refractivity contribution in [2.75, 3.05) is 5.32 Å². The molecule has 0 bridgehead atoms. The molecule has 3 aromatic rings.